The SMILES string of the molecule is CN(C)S(=O)(=O)c1ccc2c(c1)cc(C(=O)N[C@H]1CCCc3ccccc31)n2C. The summed E-state index contributed by atoms with van der Waals surface area (Å²) in [6.45, 7) is 0. The lowest BCUT2D eigenvalue weighted by Gasteiger charge is -2.26. The molecule has 1 heterocycles. The fraction of sp³-hybridized carbons (Fsp3) is 0.318. The molecule has 3 aromatic rings. The molecule has 6 nitrogen and oxygen atoms in total. The van der Waals surface area contributed by atoms with Crippen LogP contribution >= 0.6 is 0 Å². The molecule has 1 atom stereocenters. The highest BCUT2D eigenvalue weighted by Gasteiger charge is 2.24. The van der Waals surface area contributed by atoms with Gasteiger partial charge in [0.05, 0.1) is 10.9 Å². The monoisotopic (exact) mass is 411 g/mol. The lowest BCUT2D eigenvalue weighted by Crippen LogP contribution is -2.32. The van der Waals surface area contributed by atoms with Crippen molar-refractivity contribution in [3.63, 3.8) is 0 Å². The number of aryl methyl sites for hydroxylation is 2. The first kappa shape index (κ1) is 19.7. The van der Waals surface area contributed by atoms with Gasteiger partial charge in [-0.1, -0.05) is 24.3 Å². The van der Waals surface area contributed by atoms with Crippen LogP contribution in [0.2, 0.25) is 0 Å². The van der Waals surface area contributed by atoms with Gasteiger partial charge in [-0.25, -0.2) is 12.7 Å². The van der Waals surface area contributed by atoms with Gasteiger partial charge in [-0.3, -0.25) is 4.79 Å². The Morgan fingerprint density at radius 3 is 2.66 bits per heavy atom. The average molecular weight is 412 g/mol. The van der Waals surface area contributed by atoms with Crippen molar-refractivity contribution in [2.45, 2.75) is 30.2 Å². The molecular weight excluding hydrogens is 386 g/mol. The maximum absolute atomic E-state index is 13.0. The van der Waals surface area contributed by atoms with Gasteiger partial charge in [-0.2, -0.15) is 0 Å². The van der Waals surface area contributed by atoms with Gasteiger partial charge in [0.15, 0.2) is 0 Å². The van der Waals surface area contributed by atoms with E-state index in [1.807, 2.05) is 23.7 Å². The Labute approximate surface area is 171 Å². The highest BCUT2D eigenvalue weighted by molar-refractivity contribution is 7.89. The molecule has 1 aliphatic rings. The van der Waals surface area contributed by atoms with Gasteiger partial charge in [0, 0.05) is 32.0 Å². The minimum Gasteiger partial charge on any atom is -0.344 e. The molecule has 0 fully saturated rings. The summed E-state index contributed by atoms with van der Waals surface area (Å²) in [4.78, 5) is 13.3. The lowest BCUT2D eigenvalue weighted by atomic mass is 9.87. The van der Waals surface area contributed by atoms with E-state index in [4.69, 9.17) is 0 Å². The average Bonchev–Trinajstić information content (AvgIpc) is 3.04. The van der Waals surface area contributed by atoms with Crippen molar-refractivity contribution >= 4 is 26.8 Å². The summed E-state index contributed by atoms with van der Waals surface area (Å²) in [5.41, 5.74) is 3.81. The van der Waals surface area contributed by atoms with Crippen LogP contribution in [0.25, 0.3) is 10.9 Å². The van der Waals surface area contributed by atoms with Crippen LogP contribution in [0, 0.1) is 0 Å². The number of nitrogens with zero attached hydrogens (tertiary/aromatic N) is 2. The number of hydrogen-bond acceptors (Lipinski definition) is 3. The Balaban J connectivity index is 1.66. The van der Waals surface area contributed by atoms with Gasteiger partial charge < -0.3 is 9.88 Å². The zero-order valence-corrected chi connectivity index (χ0v) is 17.7. The molecule has 2 aromatic carbocycles. The molecule has 0 aliphatic heterocycles. The van der Waals surface area contributed by atoms with Gasteiger partial charge >= 0.3 is 0 Å². The van der Waals surface area contributed by atoms with Crippen molar-refractivity contribution in [1.82, 2.24) is 14.2 Å². The van der Waals surface area contributed by atoms with Crippen LogP contribution in [-0.2, 0) is 23.5 Å². The fourth-order valence-corrected chi connectivity index (χ4v) is 4.99. The summed E-state index contributed by atoms with van der Waals surface area (Å²) >= 11 is 0. The zero-order valence-electron chi connectivity index (χ0n) is 16.8. The van der Waals surface area contributed by atoms with E-state index in [-0.39, 0.29) is 16.8 Å². The topological polar surface area (TPSA) is 71.4 Å². The zero-order chi connectivity index (χ0) is 20.8. The molecule has 4 rings (SSSR count). The van der Waals surface area contributed by atoms with E-state index in [0.717, 1.165) is 30.2 Å². The van der Waals surface area contributed by atoms with Crippen molar-refractivity contribution < 1.29 is 13.2 Å². The Morgan fingerprint density at radius 1 is 1.14 bits per heavy atom. The summed E-state index contributed by atoms with van der Waals surface area (Å²) in [6.07, 6.45) is 3.00. The Hall–Kier alpha value is -2.64. The predicted octanol–water partition coefficient (Wildman–Crippen LogP) is 3.24. The van der Waals surface area contributed by atoms with Crippen LogP contribution in [0.15, 0.2) is 53.4 Å². The van der Waals surface area contributed by atoms with E-state index >= 15 is 0 Å². The molecule has 1 aliphatic carbocycles. The van der Waals surface area contributed by atoms with Crippen LogP contribution in [0.1, 0.15) is 40.5 Å². The van der Waals surface area contributed by atoms with Crippen LogP contribution in [0.5, 0.6) is 0 Å². The van der Waals surface area contributed by atoms with E-state index in [1.165, 1.54) is 29.5 Å². The summed E-state index contributed by atoms with van der Waals surface area (Å²) in [5, 5.41) is 3.90. The van der Waals surface area contributed by atoms with Gasteiger partial charge in [-0.15, -0.1) is 0 Å². The number of amides is 1. The summed E-state index contributed by atoms with van der Waals surface area (Å²) in [7, 11) is 1.31. The van der Waals surface area contributed by atoms with E-state index in [2.05, 4.69) is 17.4 Å². The molecule has 152 valence electrons. The predicted molar refractivity (Wildman–Crippen MR) is 113 cm³/mol. The number of aromatic nitrogens is 1. The number of rotatable bonds is 4. The Bertz CT molecular complexity index is 1200. The summed E-state index contributed by atoms with van der Waals surface area (Å²) in [5.74, 6) is -0.151. The summed E-state index contributed by atoms with van der Waals surface area (Å²) < 4.78 is 27.8. The number of nitrogens with one attached hydrogen (secondary N) is 1. The number of carbonyl (C=O) groups is 1. The molecule has 7 heteroatoms. The second-order valence-corrected chi connectivity index (χ2v) is 9.87. The third-order valence-corrected chi connectivity index (χ3v) is 7.51. The van der Waals surface area contributed by atoms with Crippen molar-refractivity contribution in [1.29, 1.82) is 0 Å². The minimum absolute atomic E-state index is 0.00450. The maximum atomic E-state index is 13.0. The first-order chi connectivity index (χ1) is 13.8. The van der Waals surface area contributed by atoms with Crippen molar-refractivity contribution in [2.24, 2.45) is 7.05 Å². The summed E-state index contributed by atoms with van der Waals surface area (Å²) in [6, 6.07) is 15.0. The van der Waals surface area contributed by atoms with E-state index in [1.54, 1.807) is 24.3 Å². The fourth-order valence-electron chi connectivity index (χ4n) is 4.05. The molecule has 0 radical (unpaired) electrons. The van der Waals surface area contributed by atoms with Gasteiger partial charge in [0.2, 0.25) is 10.0 Å². The largest absolute Gasteiger partial charge is 0.344 e. The normalized spacial score (nSPS) is 16.8. The molecular formula is C22H25N3O3S. The Morgan fingerprint density at radius 2 is 1.90 bits per heavy atom. The van der Waals surface area contributed by atoms with Gasteiger partial charge in [0.1, 0.15) is 5.69 Å². The number of fused-ring (bicyclic) bond motifs is 2. The highest BCUT2D eigenvalue weighted by atomic mass is 32.2. The molecule has 1 amide bonds. The number of carbonyl (C=O) groups excluding carboxylic acids is 1. The standard InChI is InChI=1S/C22H25N3O3S/c1-24(2)29(27,28)17-11-12-20-16(13-17)14-21(25(20)3)22(26)23-19-10-6-8-15-7-4-5-9-18(15)19/h4-5,7,9,11-14,19H,6,8,10H2,1-3H3,(H,23,26)/t19-/m0/s1. The maximum Gasteiger partial charge on any atom is 0.268 e. The van der Waals surface area contributed by atoms with E-state index < -0.39 is 10.0 Å². The highest BCUT2D eigenvalue weighted by Crippen LogP contribution is 2.30. The molecule has 1 N–H and O–H groups in total. The Kier molecular flexibility index (Phi) is 4.96. The van der Waals surface area contributed by atoms with Crippen LogP contribution in [0.4, 0.5) is 0 Å². The van der Waals surface area contributed by atoms with Crippen molar-refractivity contribution in [2.75, 3.05) is 14.1 Å². The second-order valence-electron chi connectivity index (χ2n) is 7.71. The first-order valence-electron chi connectivity index (χ1n) is 9.69. The van der Waals surface area contributed by atoms with E-state index in [0.29, 0.717) is 5.69 Å². The molecule has 0 unspecified atom stereocenters. The first-order valence-corrected chi connectivity index (χ1v) is 11.1. The van der Waals surface area contributed by atoms with Gasteiger partial charge in [0.25, 0.3) is 5.91 Å². The second kappa shape index (κ2) is 7.31. The number of benzene rings is 2. The molecule has 0 saturated carbocycles. The lowest BCUT2D eigenvalue weighted by molar-refractivity contribution is 0.0925. The third-order valence-electron chi connectivity index (χ3n) is 5.70. The quantitative estimate of drug-likeness (QED) is 0.716. The minimum atomic E-state index is -3.52. The third kappa shape index (κ3) is 3.45. The number of sulfonamides is 1. The number of hydrogen-bond donors (Lipinski definition) is 1. The van der Waals surface area contributed by atoms with Crippen LogP contribution < -0.4 is 5.32 Å². The smallest absolute Gasteiger partial charge is 0.268 e. The molecule has 0 spiro atoms. The molecule has 0 bridgehead atoms. The molecule has 0 saturated heterocycles. The van der Waals surface area contributed by atoms with Gasteiger partial charge in [-0.05, 0) is 54.7 Å². The molecule has 29 heavy (non-hydrogen) atoms. The van der Waals surface area contributed by atoms with Crippen molar-refractivity contribution in [3.05, 3.63) is 65.4 Å². The van der Waals surface area contributed by atoms with Crippen LogP contribution in [-0.4, -0.2) is 37.3 Å². The molecule has 1 aromatic heterocycles. The van der Waals surface area contributed by atoms with Crippen molar-refractivity contribution in [3.8, 4) is 0 Å². The van der Waals surface area contributed by atoms with Crippen LogP contribution in [0.3, 0.4) is 0 Å². The van der Waals surface area contributed by atoms with E-state index in [9.17, 15) is 13.2 Å².